The van der Waals surface area contributed by atoms with Crippen LogP contribution in [0.3, 0.4) is 0 Å². The Labute approximate surface area is 203 Å². The van der Waals surface area contributed by atoms with E-state index in [1.807, 2.05) is 78.9 Å². The van der Waals surface area contributed by atoms with Crippen LogP contribution in [-0.4, -0.2) is 23.2 Å². The Morgan fingerprint density at radius 3 is 2.26 bits per heavy atom. The number of hydrogen-bond acceptors (Lipinski definition) is 7. The number of halogens is 1. The Bertz CT molecular complexity index is 1220. The first kappa shape index (κ1) is 24.0. The fourth-order valence-electron chi connectivity index (χ4n) is 3.62. The van der Waals surface area contributed by atoms with Crippen LogP contribution in [0.5, 0.6) is 5.75 Å². The van der Waals surface area contributed by atoms with Crippen molar-refractivity contribution >= 4 is 17.5 Å². The first-order valence-corrected chi connectivity index (χ1v) is 11.3. The van der Waals surface area contributed by atoms with Gasteiger partial charge in [0.2, 0.25) is 5.95 Å². The van der Waals surface area contributed by atoms with Crippen LogP contribution in [0, 0.1) is 0 Å². The van der Waals surface area contributed by atoms with E-state index >= 15 is 0 Å². The van der Waals surface area contributed by atoms with Crippen molar-refractivity contribution < 1.29 is 13.9 Å². The normalized spacial score (nSPS) is 10.8. The van der Waals surface area contributed by atoms with Gasteiger partial charge in [0.05, 0.1) is 18.9 Å². The van der Waals surface area contributed by atoms with Crippen LogP contribution >= 0.6 is 0 Å². The minimum atomic E-state index is -0.504. The van der Waals surface area contributed by atoms with Gasteiger partial charge in [0.15, 0.2) is 0 Å². The minimum Gasteiger partial charge on any atom is -0.491 e. The lowest BCUT2D eigenvalue weighted by molar-refractivity contribution is 0.105. The molecule has 0 saturated carbocycles. The lowest BCUT2D eigenvalue weighted by atomic mass is 10.0. The number of rotatable bonds is 11. The summed E-state index contributed by atoms with van der Waals surface area (Å²) < 4.78 is 23.4. The van der Waals surface area contributed by atoms with Crippen molar-refractivity contribution in [1.29, 1.82) is 0 Å². The van der Waals surface area contributed by atoms with E-state index in [1.54, 1.807) is 0 Å². The molecule has 8 heteroatoms. The van der Waals surface area contributed by atoms with Crippen molar-refractivity contribution in [2.24, 2.45) is 0 Å². The number of hydrogen-bond donors (Lipinski definition) is 3. The first-order valence-electron chi connectivity index (χ1n) is 11.3. The zero-order chi connectivity index (χ0) is 24.5. The van der Waals surface area contributed by atoms with Gasteiger partial charge in [-0.05, 0) is 41.0 Å². The molecular formula is C27H28FN5O2. The zero-order valence-corrected chi connectivity index (χ0v) is 19.3. The van der Waals surface area contributed by atoms with Crippen LogP contribution in [0.2, 0.25) is 0 Å². The average molecular weight is 474 g/mol. The zero-order valence-electron chi connectivity index (χ0n) is 19.3. The molecule has 1 heterocycles. The minimum absolute atomic E-state index is 0.0639. The largest absolute Gasteiger partial charge is 0.491 e. The van der Waals surface area contributed by atoms with Crippen LogP contribution in [-0.2, 0) is 24.5 Å². The van der Waals surface area contributed by atoms with E-state index in [0.717, 1.165) is 22.4 Å². The summed E-state index contributed by atoms with van der Waals surface area (Å²) >= 11 is 0. The molecule has 4 rings (SSSR count). The molecule has 1 aromatic heterocycles. The third kappa shape index (κ3) is 6.68. The van der Waals surface area contributed by atoms with Crippen molar-refractivity contribution in [2.75, 3.05) is 30.1 Å². The Morgan fingerprint density at radius 2 is 1.54 bits per heavy atom. The Balaban J connectivity index is 1.41. The molecule has 0 aliphatic carbocycles. The van der Waals surface area contributed by atoms with Crippen molar-refractivity contribution in [3.63, 3.8) is 0 Å². The second kappa shape index (κ2) is 11.8. The van der Waals surface area contributed by atoms with Crippen LogP contribution in [0.25, 0.3) is 11.1 Å². The molecule has 0 fully saturated rings. The summed E-state index contributed by atoms with van der Waals surface area (Å²) in [5, 5.41) is 3.39. The topological polar surface area (TPSA) is 108 Å². The van der Waals surface area contributed by atoms with Crippen LogP contribution < -0.4 is 21.5 Å². The van der Waals surface area contributed by atoms with E-state index in [-0.39, 0.29) is 19.2 Å². The maximum Gasteiger partial charge on any atom is 0.222 e. The molecule has 7 nitrogen and oxygen atoms in total. The monoisotopic (exact) mass is 473 g/mol. The Hall–Kier alpha value is -4.17. The number of nitrogens with two attached hydrogens (primary N) is 2. The first-order chi connectivity index (χ1) is 17.1. The highest BCUT2D eigenvalue weighted by atomic mass is 19.1. The van der Waals surface area contributed by atoms with Gasteiger partial charge in [-0.15, -0.1) is 0 Å². The number of benzene rings is 3. The van der Waals surface area contributed by atoms with Gasteiger partial charge in [0.1, 0.15) is 24.8 Å². The third-order valence-electron chi connectivity index (χ3n) is 5.32. The third-order valence-corrected chi connectivity index (χ3v) is 5.32. The van der Waals surface area contributed by atoms with Crippen molar-refractivity contribution in [3.05, 3.63) is 95.7 Å². The molecule has 180 valence electrons. The molecular weight excluding hydrogens is 445 g/mol. The SMILES string of the molecule is Nc1nc(N)c(-c2ccc(NCc3ccc(OCCF)cc3)cc2)c(COCc2ccccc2)n1. The number of anilines is 3. The van der Waals surface area contributed by atoms with Gasteiger partial charge in [-0.3, -0.25) is 0 Å². The average Bonchev–Trinajstić information content (AvgIpc) is 2.88. The van der Waals surface area contributed by atoms with E-state index in [9.17, 15) is 4.39 Å². The molecule has 0 saturated heterocycles. The fraction of sp³-hybridized carbons (Fsp3) is 0.185. The molecule has 0 radical (unpaired) electrons. The molecule has 4 aromatic rings. The summed E-state index contributed by atoms with van der Waals surface area (Å²) in [7, 11) is 0. The molecule has 3 aromatic carbocycles. The molecule has 0 spiro atoms. The second-order valence-corrected chi connectivity index (χ2v) is 7.88. The summed E-state index contributed by atoms with van der Waals surface area (Å²) in [6.45, 7) is 0.903. The van der Waals surface area contributed by atoms with Gasteiger partial charge in [-0.2, -0.15) is 4.98 Å². The molecule has 0 unspecified atom stereocenters. The fourth-order valence-corrected chi connectivity index (χ4v) is 3.62. The van der Waals surface area contributed by atoms with Gasteiger partial charge in [-0.25, -0.2) is 9.37 Å². The molecule has 0 amide bonds. The summed E-state index contributed by atoms with van der Waals surface area (Å²) in [5.41, 5.74) is 17.4. The van der Waals surface area contributed by atoms with Gasteiger partial charge in [-0.1, -0.05) is 54.6 Å². The highest BCUT2D eigenvalue weighted by molar-refractivity contribution is 5.77. The molecule has 5 N–H and O–H groups in total. The van der Waals surface area contributed by atoms with Crippen LogP contribution in [0.1, 0.15) is 16.8 Å². The number of alkyl halides is 1. The number of aromatic nitrogens is 2. The number of nitrogens with zero attached hydrogens (tertiary/aromatic N) is 2. The van der Waals surface area contributed by atoms with Crippen LogP contribution in [0.4, 0.5) is 21.8 Å². The van der Waals surface area contributed by atoms with Crippen molar-refractivity contribution in [1.82, 2.24) is 9.97 Å². The van der Waals surface area contributed by atoms with E-state index in [4.69, 9.17) is 20.9 Å². The van der Waals surface area contributed by atoms with E-state index < -0.39 is 6.67 Å². The molecule has 0 aliphatic rings. The van der Waals surface area contributed by atoms with Crippen LogP contribution in [0.15, 0.2) is 78.9 Å². The van der Waals surface area contributed by atoms with Crippen molar-refractivity contribution in [2.45, 2.75) is 19.8 Å². The van der Waals surface area contributed by atoms with Gasteiger partial charge in [0.25, 0.3) is 0 Å². The standard InChI is InChI=1S/C27H28FN5O2/c28-14-15-35-23-12-6-19(7-13-23)16-31-22-10-8-21(9-11-22)25-24(32-27(30)33-26(25)29)18-34-17-20-4-2-1-3-5-20/h1-13,31H,14-18H2,(H4,29,30,32,33). The summed E-state index contributed by atoms with van der Waals surface area (Å²) in [6, 6.07) is 25.3. The molecule has 0 bridgehead atoms. The lowest BCUT2D eigenvalue weighted by Crippen LogP contribution is -2.08. The maximum absolute atomic E-state index is 12.2. The molecule has 35 heavy (non-hydrogen) atoms. The summed E-state index contributed by atoms with van der Waals surface area (Å²) in [6.07, 6.45) is 0. The molecule has 0 atom stereocenters. The van der Waals surface area contributed by atoms with Gasteiger partial charge < -0.3 is 26.3 Å². The van der Waals surface area contributed by atoms with Crippen molar-refractivity contribution in [3.8, 4) is 16.9 Å². The summed E-state index contributed by atoms with van der Waals surface area (Å²) in [4.78, 5) is 8.52. The lowest BCUT2D eigenvalue weighted by Gasteiger charge is -2.14. The van der Waals surface area contributed by atoms with E-state index in [0.29, 0.717) is 36.0 Å². The predicted molar refractivity (Wildman–Crippen MR) is 136 cm³/mol. The van der Waals surface area contributed by atoms with E-state index in [1.165, 1.54) is 0 Å². The predicted octanol–water partition coefficient (Wildman–Crippen LogP) is 4.99. The number of nitrogen functional groups attached to an aromatic ring is 2. The highest BCUT2D eigenvalue weighted by Gasteiger charge is 2.14. The second-order valence-electron chi connectivity index (χ2n) is 7.88. The number of ether oxygens (including phenoxy) is 2. The Kier molecular flexibility index (Phi) is 8.08. The highest BCUT2D eigenvalue weighted by Crippen LogP contribution is 2.30. The Morgan fingerprint density at radius 1 is 0.800 bits per heavy atom. The summed E-state index contributed by atoms with van der Waals surface area (Å²) in [5.74, 6) is 1.08. The molecule has 0 aliphatic heterocycles. The van der Waals surface area contributed by atoms with E-state index in [2.05, 4.69) is 15.3 Å². The quantitative estimate of drug-likeness (QED) is 0.282. The number of nitrogens with one attached hydrogen (secondary N) is 1. The van der Waals surface area contributed by atoms with Gasteiger partial charge in [0, 0.05) is 17.8 Å². The maximum atomic E-state index is 12.2. The smallest absolute Gasteiger partial charge is 0.222 e. The van der Waals surface area contributed by atoms with Gasteiger partial charge >= 0.3 is 0 Å².